The third-order valence-electron chi connectivity index (χ3n) is 2.14. The van der Waals surface area contributed by atoms with E-state index in [1.165, 1.54) is 6.08 Å². The van der Waals surface area contributed by atoms with Gasteiger partial charge in [0.05, 0.1) is 12.3 Å². The fraction of sp³-hybridized carbons (Fsp3) is 0.333. The molecule has 0 unspecified atom stereocenters. The molecule has 0 bridgehead atoms. The van der Waals surface area contributed by atoms with Crippen molar-refractivity contribution in [2.45, 2.75) is 13.0 Å². The van der Waals surface area contributed by atoms with E-state index in [4.69, 9.17) is 4.74 Å². The first-order valence-corrected chi connectivity index (χ1v) is 5.08. The van der Waals surface area contributed by atoms with Gasteiger partial charge in [0.2, 0.25) is 0 Å². The van der Waals surface area contributed by atoms with Crippen molar-refractivity contribution >= 4 is 5.97 Å². The number of hydrogen-bond donors (Lipinski definition) is 1. The fourth-order valence-corrected chi connectivity index (χ4v) is 1.33. The van der Waals surface area contributed by atoms with Crippen molar-refractivity contribution in [3.05, 3.63) is 42.7 Å². The summed E-state index contributed by atoms with van der Waals surface area (Å²) in [4.78, 5) is 15.5. The summed E-state index contributed by atoms with van der Waals surface area (Å²) in [6, 6.07) is 5.14. The highest BCUT2D eigenvalue weighted by atomic mass is 16.5. The molecule has 0 saturated heterocycles. The molecule has 1 N–H and O–H groups in total. The van der Waals surface area contributed by atoms with Crippen LogP contribution >= 0.6 is 0 Å². The molecule has 1 aromatic heterocycles. The Bertz CT molecular complexity index is 351. The lowest BCUT2D eigenvalue weighted by Crippen LogP contribution is -2.23. The Morgan fingerprint density at radius 2 is 2.44 bits per heavy atom. The number of rotatable bonds is 5. The third kappa shape index (κ3) is 2.90. The highest BCUT2D eigenvalue weighted by Gasteiger charge is 2.27. The van der Waals surface area contributed by atoms with Gasteiger partial charge >= 0.3 is 5.97 Å². The maximum Gasteiger partial charge on any atom is 0.315 e. The standard InChI is InChI=1S/C12H15NO3/c1-3-9(12(15)16-4-2)11(14)10-7-5-6-8-13-10/h3,5-9,11,14H,1,4H2,2H3/t9-,11+/m1/s1. The minimum atomic E-state index is -1.02. The van der Waals surface area contributed by atoms with E-state index >= 15 is 0 Å². The molecule has 1 aromatic rings. The maximum absolute atomic E-state index is 11.5. The molecule has 1 rings (SSSR count). The number of carbonyl (C=O) groups is 1. The van der Waals surface area contributed by atoms with Crippen molar-refractivity contribution in [1.82, 2.24) is 4.98 Å². The predicted octanol–water partition coefficient (Wildman–Crippen LogP) is 1.48. The van der Waals surface area contributed by atoms with Crippen LogP contribution < -0.4 is 0 Å². The molecular weight excluding hydrogens is 206 g/mol. The highest BCUT2D eigenvalue weighted by molar-refractivity contribution is 5.75. The van der Waals surface area contributed by atoms with Crippen LogP contribution in [0.15, 0.2) is 37.1 Å². The minimum Gasteiger partial charge on any atom is -0.465 e. The number of carbonyl (C=O) groups excluding carboxylic acids is 1. The van der Waals surface area contributed by atoms with E-state index in [2.05, 4.69) is 11.6 Å². The second-order valence-electron chi connectivity index (χ2n) is 3.21. The van der Waals surface area contributed by atoms with Crippen LogP contribution in [0.25, 0.3) is 0 Å². The lowest BCUT2D eigenvalue weighted by Gasteiger charge is -2.17. The van der Waals surface area contributed by atoms with Gasteiger partial charge in [-0.15, -0.1) is 6.58 Å². The lowest BCUT2D eigenvalue weighted by atomic mass is 9.99. The zero-order valence-corrected chi connectivity index (χ0v) is 9.17. The molecule has 0 saturated carbocycles. The molecule has 0 amide bonds. The van der Waals surface area contributed by atoms with Gasteiger partial charge in [-0.25, -0.2) is 0 Å². The van der Waals surface area contributed by atoms with Gasteiger partial charge in [0.15, 0.2) is 0 Å². The van der Waals surface area contributed by atoms with Crippen molar-refractivity contribution in [2.75, 3.05) is 6.61 Å². The molecule has 2 atom stereocenters. The topological polar surface area (TPSA) is 59.4 Å². The molecule has 1 heterocycles. The number of hydrogen-bond acceptors (Lipinski definition) is 4. The molecule has 86 valence electrons. The zero-order valence-electron chi connectivity index (χ0n) is 9.17. The van der Waals surface area contributed by atoms with Crippen molar-refractivity contribution < 1.29 is 14.6 Å². The number of ether oxygens (including phenoxy) is 1. The second kappa shape index (κ2) is 6.02. The molecule has 0 aliphatic heterocycles. The smallest absolute Gasteiger partial charge is 0.315 e. The van der Waals surface area contributed by atoms with Gasteiger partial charge in [0, 0.05) is 6.20 Å². The largest absolute Gasteiger partial charge is 0.465 e. The molecule has 0 fully saturated rings. The molecular formula is C12H15NO3. The maximum atomic E-state index is 11.5. The minimum absolute atomic E-state index is 0.276. The summed E-state index contributed by atoms with van der Waals surface area (Å²) in [5.74, 6) is -1.27. The van der Waals surface area contributed by atoms with E-state index in [0.29, 0.717) is 5.69 Å². The summed E-state index contributed by atoms with van der Waals surface area (Å²) in [5.41, 5.74) is 0.431. The van der Waals surface area contributed by atoms with Gasteiger partial charge in [0.25, 0.3) is 0 Å². The lowest BCUT2D eigenvalue weighted by molar-refractivity contribution is -0.149. The van der Waals surface area contributed by atoms with Gasteiger partial charge in [-0.1, -0.05) is 12.1 Å². The Labute approximate surface area is 94.6 Å². The first-order valence-electron chi connectivity index (χ1n) is 5.08. The Kier molecular flexibility index (Phi) is 4.66. The van der Waals surface area contributed by atoms with E-state index in [9.17, 15) is 9.90 Å². The zero-order chi connectivity index (χ0) is 12.0. The average Bonchev–Trinajstić information content (AvgIpc) is 2.31. The quantitative estimate of drug-likeness (QED) is 0.604. The van der Waals surface area contributed by atoms with Crippen LogP contribution in [0, 0.1) is 5.92 Å². The summed E-state index contributed by atoms with van der Waals surface area (Å²) in [7, 11) is 0. The van der Waals surface area contributed by atoms with Crippen molar-refractivity contribution in [2.24, 2.45) is 5.92 Å². The van der Waals surface area contributed by atoms with Crippen LogP contribution in [0.2, 0.25) is 0 Å². The number of nitrogens with zero attached hydrogens (tertiary/aromatic N) is 1. The van der Waals surface area contributed by atoms with Crippen LogP contribution in [0.3, 0.4) is 0 Å². The summed E-state index contributed by atoms with van der Waals surface area (Å²) in [6.45, 7) is 5.51. The summed E-state index contributed by atoms with van der Waals surface area (Å²) >= 11 is 0. The summed E-state index contributed by atoms with van der Waals surface area (Å²) < 4.78 is 4.84. The van der Waals surface area contributed by atoms with Crippen molar-refractivity contribution in [3.8, 4) is 0 Å². The summed E-state index contributed by atoms with van der Waals surface area (Å²) in [5, 5.41) is 9.94. The van der Waals surface area contributed by atoms with Gasteiger partial charge in [-0.2, -0.15) is 0 Å². The Morgan fingerprint density at radius 1 is 1.69 bits per heavy atom. The van der Waals surface area contributed by atoms with E-state index in [1.54, 1.807) is 31.3 Å². The third-order valence-corrected chi connectivity index (χ3v) is 2.14. The number of esters is 1. The Morgan fingerprint density at radius 3 is 2.94 bits per heavy atom. The molecule has 4 nitrogen and oxygen atoms in total. The SMILES string of the molecule is C=C[C@@H](C(=O)OCC)[C@H](O)c1ccccn1. The summed E-state index contributed by atoms with van der Waals surface area (Å²) in [6.07, 6.45) is 1.92. The number of aliphatic hydroxyl groups excluding tert-OH is 1. The molecule has 0 aromatic carbocycles. The van der Waals surface area contributed by atoms with E-state index in [1.807, 2.05) is 0 Å². The molecule has 0 aliphatic rings. The Balaban J connectivity index is 2.81. The van der Waals surface area contributed by atoms with Crippen LogP contribution in [0.5, 0.6) is 0 Å². The van der Waals surface area contributed by atoms with Gasteiger partial charge < -0.3 is 9.84 Å². The highest BCUT2D eigenvalue weighted by Crippen LogP contribution is 2.22. The van der Waals surface area contributed by atoms with Crippen LogP contribution in [0.4, 0.5) is 0 Å². The first kappa shape index (κ1) is 12.4. The van der Waals surface area contributed by atoms with Gasteiger partial charge in [-0.3, -0.25) is 9.78 Å². The van der Waals surface area contributed by atoms with E-state index < -0.39 is 18.0 Å². The number of aliphatic hydroxyl groups is 1. The average molecular weight is 221 g/mol. The number of aromatic nitrogens is 1. The monoisotopic (exact) mass is 221 g/mol. The number of pyridine rings is 1. The second-order valence-corrected chi connectivity index (χ2v) is 3.21. The van der Waals surface area contributed by atoms with Crippen molar-refractivity contribution in [1.29, 1.82) is 0 Å². The van der Waals surface area contributed by atoms with Crippen LogP contribution in [-0.4, -0.2) is 22.7 Å². The fourth-order valence-electron chi connectivity index (χ4n) is 1.33. The Hall–Kier alpha value is -1.68. The van der Waals surface area contributed by atoms with Crippen LogP contribution in [0.1, 0.15) is 18.7 Å². The van der Waals surface area contributed by atoms with Crippen molar-refractivity contribution in [3.63, 3.8) is 0 Å². The first-order chi connectivity index (χ1) is 7.70. The predicted molar refractivity (Wildman–Crippen MR) is 59.5 cm³/mol. The van der Waals surface area contributed by atoms with Crippen LogP contribution in [-0.2, 0) is 9.53 Å². The normalized spacial score (nSPS) is 13.9. The molecule has 0 aliphatic carbocycles. The van der Waals surface area contributed by atoms with E-state index in [0.717, 1.165) is 0 Å². The molecule has 16 heavy (non-hydrogen) atoms. The van der Waals surface area contributed by atoms with Gasteiger partial charge in [-0.05, 0) is 19.1 Å². The molecule has 0 radical (unpaired) electrons. The van der Waals surface area contributed by atoms with E-state index in [-0.39, 0.29) is 6.61 Å². The van der Waals surface area contributed by atoms with Gasteiger partial charge in [0.1, 0.15) is 12.0 Å². The molecule has 4 heteroatoms. The molecule has 0 spiro atoms.